The van der Waals surface area contributed by atoms with E-state index in [1.807, 2.05) is 14.0 Å². The third-order valence-corrected chi connectivity index (χ3v) is 3.37. The average Bonchev–Trinajstić information content (AvgIpc) is 2.57. The minimum absolute atomic E-state index is 0.00264. The quantitative estimate of drug-likeness (QED) is 0.867. The Hall–Kier alpha value is -1.42. The fourth-order valence-electron chi connectivity index (χ4n) is 2.44. The number of rotatable bonds is 3. The number of hydrogen-bond donors (Lipinski definition) is 1. The topological polar surface area (TPSA) is 32.3 Å². The molecule has 2 unspecified atom stereocenters. The fraction of sp³-hybridized carbons (Fsp3) is 0.462. The standard InChI is InChI=1S/C13H17FN2O/c1-9-10(8-15-2)7-13(17)16(9)12-6-4-3-5-11(12)14/h3-6,9-10,15H,7-8H2,1-2H3. The van der Waals surface area contributed by atoms with Crippen LogP contribution in [0, 0.1) is 11.7 Å². The van der Waals surface area contributed by atoms with E-state index in [4.69, 9.17) is 0 Å². The van der Waals surface area contributed by atoms with Crippen molar-refractivity contribution in [1.29, 1.82) is 0 Å². The summed E-state index contributed by atoms with van der Waals surface area (Å²) < 4.78 is 13.7. The SMILES string of the molecule is CNCC1CC(=O)N(c2ccccc2F)C1C. The van der Waals surface area contributed by atoms with Crippen LogP contribution in [0.5, 0.6) is 0 Å². The van der Waals surface area contributed by atoms with Crippen LogP contribution in [0.25, 0.3) is 0 Å². The van der Waals surface area contributed by atoms with Crippen molar-refractivity contribution in [3.05, 3.63) is 30.1 Å². The van der Waals surface area contributed by atoms with Crippen LogP contribution in [0.15, 0.2) is 24.3 Å². The summed E-state index contributed by atoms with van der Waals surface area (Å²) in [5.74, 6) is -0.0900. The maximum absolute atomic E-state index is 13.7. The zero-order valence-corrected chi connectivity index (χ0v) is 10.1. The zero-order chi connectivity index (χ0) is 12.4. The summed E-state index contributed by atoms with van der Waals surface area (Å²) in [4.78, 5) is 13.5. The maximum atomic E-state index is 13.7. The molecule has 17 heavy (non-hydrogen) atoms. The first-order valence-corrected chi connectivity index (χ1v) is 5.86. The third-order valence-electron chi connectivity index (χ3n) is 3.37. The molecule has 2 rings (SSSR count). The summed E-state index contributed by atoms with van der Waals surface area (Å²) in [5.41, 5.74) is 0.392. The Bertz CT molecular complexity index is 422. The molecular formula is C13H17FN2O. The number of carbonyl (C=O) groups excluding carboxylic acids is 1. The van der Waals surface area contributed by atoms with Gasteiger partial charge < -0.3 is 10.2 Å². The number of halogens is 1. The van der Waals surface area contributed by atoms with Gasteiger partial charge in [0.2, 0.25) is 5.91 Å². The van der Waals surface area contributed by atoms with Crippen molar-refractivity contribution in [2.24, 2.45) is 5.92 Å². The van der Waals surface area contributed by atoms with Gasteiger partial charge in [0.15, 0.2) is 0 Å². The number of nitrogens with one attached hydrogen (secondary N) is 1. The van der Waals surface area contributed by atoms with Crippen LogP contribution in [0.2, 0.25) is 0 Å². The van der Waals surface area contributed by atoms with Gasteiger partial charge in [-0.2, -0.15) is 0 Å². The van der Waals surface area contributed by atoms with E-state index in [0.717, 1.165) is 6.54 Å². The number of hydrogen-bond acceptors (Lipinski definition) is 2. The summed E-state index contributed by atoms with van der Waals surface area (Å²) in [6.07, 6.45) is 0.482. The predicted molar refractivity (Wildman–Crippen MR) is 65.4 cm³/mol. The van der Waals surface area contributed by atoms with Crippen molar-refractivity contribution >= 4 is 11.6 Å². The lowest BCUT2D eigenvalue weighted by molar-refractivity contribution is -0.117. The Kier molecular flexibility index (Phi) is 3.43. The van der Waals surface area contributed by atoms with E-state index in [-0.39, 0.29) is 23.7 Å². The summed E-state index contributed by atoms with van der Waals surface area (Å²) in [7, 11) is 1.86. The number of benzene rings is 1. The Morgan fingerprint density at radius 3 is 2.82 bits per heavy atom. The molecule has 2 atom stereocenters. The minimum atomic E-state index is -0.335. The molecule has 0 bridgehead atoms. The minimum Gasteiger partial charge on any atom is -0.319 e. The molecule has 0 radical (unpaired) electrons. The highest BCUT2D eigenvalue weighted by molar-refractivity contribution is 5.96. The van der Waals surface area contributed by atoms with Gasteiger partial charge in [0.25, 0.3) is 0 Å². The number of carbonyl (C=O) groups is 1. The van der Waals surface area contributed by atoms with Gasteiger partial charge in [-0.25, -0.2) is 4.39 Å². The van der Waals surface area contributed by atoms with Gasteiger partial charge >= 0.3 is 0 Å². The summed E-state index contributed by atoms with van der Waals surface area (Å²) in [6.45, 7) is 2.75. The molecule has 1 aliphatic heterocycles. The highest BCUT2D eigenvalue weighted by atomic mass is 19.1. The largest absolute Gasteiger partial charge is 0.319 e. The second-order valence-electron chi connectivity index (χ2n) is 4.48. The number of nitrogens with zero attached hydrogens (tertiary/aromatic N) is 1. The lowest BCUT2D eigenvalue weighted by Gasteiger charge is -2.25. The van der Waals surface area contributed by atoms with E-state index >= 15 is 0 Å². The molecule has 1 saturated heterocycles. The van der Waals surface area contributed by atoms with Gasteiger partial charge in [-0.05, 0) is 26.1 Å². The molecule has 0 saturated carbocycles. The first kappa shape index (κ1) is 12.0. The van der Waals surface area contributed by atoms with Crippen molar-refractivity contribution in [2.45, 2.75) is 19.4 Å². The molecular weight excluding hydrogens is 219 g/mol. The van der Waals surface area contributed by atoms with Gasteiger partial charge in [0, 0.05) is 24.9 Å². The van der Waals surface area contributed by atoms with Crippen LogP contribution >= 0.6 is 0 Å². The van der Waals surface area contributed by atoms with E-state index in [0.29, 0.717) is 12.1 Å². The van der Waals surface area contributed by atoms with E-state index < -0.39 is 0 Å². The third kappa shape index (κ3) is 2.17. The van der Waals surface area contributed by atoms with Crippen LogP contribution in [0.3, 0.4) is 0 Å². The Morgan fingerprint density at radius 2 is 2.18 bits per heavy atom. The Balaban J connectivity index is 2.27. The normalized spacial score (nSPS) is 24.4. The van der Waals surface area contributed by atoms with E-state index in [9.17, 15) is 9.18 Å². The van der Waals surface area contributed by atoms with Gasteiger partial charge in [0.05, 0.1) is 5.69 Å². The highest BCUT2D eigenvalue weighted by Gasteiger charge is 2.38. The molecule has 1 aromatic carbocycles. The van der Waals surface area contributed by atoms with E-state index in [2.05, 4.69) is 5.32 Å². The first-order chi connectivity index (χ1) is 8.15. The van der Waals surface area contributed by atoms with Crippen LogP contribution < -0.4 is 10.2 Å². The lowest BCUT2D eigenvalue weighted by atomic mass is 10.0. The summed E-state index contributed by atoms with van der Waals surface area (Å²) >= 11 is 0. The van der Waals surface area contributed by atoms with Crippen molar-refractivity contribution < 1.29 is 9.18 Å². The number of anilines is 1. The molecule has 1 aromatic rings. The van der Waals surface area contributed by atoms with Gasteiger partial charge in [-0.1, -0.05) is 12.1 Å². The molecule has 0 aromatic heterocycles. The van der Waals surface area contributed by atoms with Crippen molar-refractivity contribution in [3.8, 4) is 0 Å². The fourth-order valence-corrected chi connectivity index (χ4v) is 2.44. The molecule has 1 aliphatic rings. The molecule has 4 heteroatoms. The lowest BCUT2D eigenvalue weighted by Crippen LogP contribution is -2.35. The second-order valence-corrected chi connectivity index (χ2v) is 4.48. The second kappa shape index (κ2) is 4.84. The Labute approximate surface area is 101 Å². The van der Waals surface area contributed by atoms with Gasteiger partial charge in [0.1, 0.15) is 5.82 Å². The maximum Gasteiger partial charge on any atom is 0.227 e. The molecule has 1 N–H and O–H groups in total. The molecule has 1 heterocycles. The molecule has 1 amide bonds. The first-order valence-electron chi connectivity index (χ1n) is 5.86. The van der Waals surface area contributed by atoms with Crippen molar-refractivity contribution in [3.63, 3.8) is 0 Å². The van der Waals surface area contributed by atoms with Crippen LogP contribution in [-0.4, -0.2) is 25.5 Å². The highest BCUT2D eigenvalue weighted by Crippen LogP contribution is 2.31. The number of para-hydroxylation sites is 1. The van der Waals surface area contributed by atoms with Crippen molar-refractivity contribution in [2.75, 3.05) is 18.5 Å². The summed E-state index contributed by atoms with van der Waals surface area (Å²) in [6, 6.07) is 6.47. The van der Waals surface area contributed by atoms with E-state index in [1.54, 1.807) is 23.1 Å². The molecule has 0 spiro atoms. The van der Waals surface area contributed by atoms with Gasteiger partial charge in [-0.3, -0.25) is 4.79 Å². The zero-order valence-electron chi connectivity index (χ0n) is 10.1. The molecule has 1 fully saturated rings. The van der Waals surface area contributed by atoms with Crippen LogP contribution in [0.4, 0.5) is 10.1 Å². The summed E-state index contributed by atoms with van der Waals surface area (Å²) in [5, 5.41) is 3.07. The predicted octanol–water partition coefficient (Wildman–Crippen LogP) is 1.79. The Morgan fingerprint density at radius 1 is 1.47 bits per heavy atom. The van der Waals surface area contributed by atoms with E-state index in [1.165, 1.54) is 6.07 Å². The average molecular weight is 236 g/mol. The smallest absolute Gasteiger partial charge is 0.227 e. The molecule has 3 nitrogen and oxygen atoms in total. The van der Waals surface area contributed by atoms with Crippen molar-refractivity contribution in [1.82, 2.24) is 5.32 Å². The molecule has 0 aliphatic carbocycles. The molecule has 92 valence electrons. The monoisotopic (exact) mass is 236 g/mol. The van der Waals surface area contributed by atoms with Crippen LogP contribution in [-0.2, 0) is 4.79 Å². The van der Waals surface area contributed by atoms with Crippen LogP contribution in [0.1, 0.15) is 13.3 Å². The number of amides is 1. The van der Waals surface area contributed by atoms with Gasteiger partial charge in [-0.15, -0.1) is 0 Å².